The number of hydrogen-bond donors (Lipinski definition) is 0. The molecule has 1 aromatic carbocycles. The van der Waals surface area contributed by atoms with Crippen molar-refractivity contribution >= 4 is 33.2 Å². The number of thioether (sulfide) groups is 1. The molecule has 1 heterocycles. The van der Waals surface area contributed by atoms with E-state index in [0.29, 0.717) is 12.4 Å². The lowest BCUT2D eigenvalue weighted by Crippen LogP contribution is -2.02. The minimum atomic E-state index is 0.0395. The third-order valence-electron chi connectivity index (χ3n) is 2.94. The zero-order valence-corrected chi connectivity index (χ0v) is 13.8. The van der Waals surface area contributed by atoms with Crippen molar-refractivity contribution in [2.75, 3.05) is 31.8 Å². The van der Waals surface area contributed by atoms with Gasteiger partial charge >= 0.3 is 0 Å². The molecule has 5 heteroatoms. The Bertz CT molecular complexity index is 610. The Morgan fingerprint density at radius 3 is 2.71 bits per heavy atom. The van der Waals surface area contributed by atoms with Gasteiger partial charge in [0, 0.05) is 29.9 Å². The molecule has 2 rings (SSSR count). The summed E-state index contributed by atoms with van der Waals surface area (Å²) in [5.74, 6) is 2.90. The SMILES string of the molecule is COCCCSCCCOc1cc(=O)sc2ccccc12. The number of fused-ring (bicyclic) bond motifs is 1. The van der Waals surface area contributed by atoms with Gasteiger partial charge < -0.3 is 9.47 Å². The average Bonchev–Trinajstić information content (AvgIpc) is 2.49. The van der Waals surface area contributed by atoms with Gasteiger partial charge in [0.15, 0.2) is 0 Å². The highest BCUT2D eigenvalue weighted by atomic mass is 32.2. The highest BCUT2D eigenvalue weighted by Gasteiger charge is 2.04. The van der Waals surface area contributed by atoms with E-state index >= 15 is 0 Å². The van der Waals surface area contributed by atoms with Crippen molar-refractivity contribution in [2.24, 2.45) is 0 Å². The molecule has 0 spiro atoms. The fourth-order valence-electron chi connectivity index (χ4n) is 1.95. The second-order valence-electron chi connectivity index (χ2n) is 4.59. The molecule has 0 aliphatic carbocycles. The maximum Gasteiger partial charge on any atom is 0.236 e. The zero-order chi connectivity index (χ0) is 14.9. The minimum absolute atomic E-state index is 0.0395. The largest absolute Gasteiger partial charge is 0.493 e. The summed E-state index contributed by atoms with van der Waals surface area (Å²) in [5, 5.41) is 1.02. The first-order valence-corrected chi connectivity index (χ1v) is 9.01. The zero-order valence-electron chi connectivity index (χ0n) is 12.2. The summed E-state index contributed by atoms with van der Waals surface area (Å²) in [7, 11) is 1.73. The number of benzene rings is 1. The third kappa shape index (κ3) is 5.34. The van der Waals surface area contributed by atoms with E-state index in [1.54, 1.807) is 13.2 Å². The summed E-state index contributed by atoms with van der Waals surface area (Å²) in [4.78, 5) is 11.7. The summed E-state index contributed by atoms with van der Waals surface area (Å²) < 4.78 is 11.8. The smallest absolute Gasteiger partial charge is 0.236 e. The number of hydrogen-bond acceptors (Lipinski definition) is 5. The van der Waals surface area contributed by atoms with Gasteiger partial charge in [-0.1, -0.05) is 23.5 Å². The first kappa shape index (κ1) is 16.3. The van der Waals surface area contributed by atoms with Gasteiger partial charge in [-0.2, -0.15) is 11.8 Å². The van der Waals surface area contributed by atoms with E-state index < -0.39 is 0 Å². The van der Waals surface area contributed by atoms with E-state index in [1.807, 2.05) is 36.0 Å². The fraction of sp³-hybridized carbons (Fsp3) is 0.438. The van der Waals surface area contributed by atoms with Crippen molar-refractivity contribution in [3.05, 3.63) is 39.9 Å². The van der Waals surface area contributed by atoms with Crippen LogP contribution in [-0.4, -0.2) is 31.8 Å². The molecule has 0 bridgehead atoms. The molecule has 0 fully saturated rings. The van der Waals surface area contributed by atoms with Gasteiger partial charge in [0.2, 0.25) is 4.74 Å². The van der Waals surface area contributed by atoms with Crippen LogP contribution in [-0.2, 0) is 4.74 Å². The Labute approximate surface area is 133 Å². The van der Waals surface area contributed by atoms with Crippen molar-refractivity contribution in [3.63, 3.8) is 0 Å². The average molecular weight is 324 g/mol. The van der Waals surface area contributed by atoms with Gasteiger partial charge in [0.1, 0.15) is 5.75 Å². The van der Waals surface area contributed by atoms with Crippen LogP contribution in [0.3, 0.4) is 0 Å². The molecular weight excluding hydrogens is 304 g/mol. The highest BCUT2D eigenvalue weighted by molar-refractivity contribution is 7.99. The summed E-state index contributed by atoms with van der Waals surface area (Å²) >= 11 is 3.17. The van der Waals surface area contributed by atoms with Crippen LogP contribution in [0.15, 0.2) is 35.1 Å². The summed E-state index contributed by atoms with van der Waals surface area (Å²) in [6.45, 7) is 1.47. The van der Waals surface area contributed by atoms with Crippen LogP contribution in [0.2, 0.25) is 0 Å². The first-order chi connectivity index (χ1) is 10.3. The van der Waals surface area contributed by atoms with Crippen LogP contribution in [0, 0.1) is 0 Å². The molecule has 0 N–H and O–H groups in total. The van der Waals surface area contributed by atoms with Crippen LogP contribution in [0.4, 0.5) is 0 Å². The van der Waals surface area contributed by atoms with E-state index in [4.69, 9.17) is 9.47 Å². The molecule has 0 unspecified atom stereocenters. The molecule has 1 aromatic heterocycles. The van der Waals surface area contributed by atoms with Crippen LogP contribution in [0.5, 0.6) is 5.75 Å². The van der Waals surface area contributed by atoms with Crippen molar-refractivity contribution in [1.29, 1.82) is 0 Å². The summed E-state index contributed by atoms with van der Waals surface area (Å²) in [5.41, 5.74) is 0. The molecule has 0 aliphatic rings. The number of ether oxygens (including phenoxy) is 2. The van der Waals surface area contributed by atoms with Gasteiger partial charge in [-0.05, 0) is 36.5 Å². The predicted molar refractivity (Wildman–Crippen MR) is 92.0 cm³/mol. The topological polar surface area (TPSA) is 35.5 Å². The molecule has 0 saturated carbocycles. The predicted octanol–water partition coefficient (Wildman–Crippen LogP) is 3.80. The van der Waals surface area contributed by atoms with Gasteiger partial charge in [-0.15, -0.1) is 0 Å². The number of methoxy groups -OCH3 is 1. The minimum Gasteiger partial charge on any atom is -0.493 e. The molecule has 0 radical (unpaired) electrons. The van der Waals surface area contributed by atoms with Gasteiger partial charge in [0.25, 0.3) is 0 Å². The first-order valence-electron chi connectivity index (χ1n) is 7.03. The van der Waals surface area contributed by atoms with Crippen LogP contribution in [0.1, 0.15) is 12.8 Å². The second-order valence-corrected chi connectivity index (χ2v) is 6.86. The highest BCUT2D eigenvalue weighted by Crippen LogP contribution is 2.25. The van der Waals surface area contributed by atoms with Crippen molar-refractivity contribution in [1.82, 2.24) is 0 Å². The van der Waals surface area contributed by atoms with Crippen LogP contribution < -0.4 is 9.48 Å². The van der Waals surface area contributed by atoms with E-state index in [0.717, 1.165) is 41.0 Å². The molecule has 0 saturated heterocycles. The molecule has 2 aromatic rings. The maximum absolute atomic E-state index is 11.7. The van der Waals surface area contributed by atoms with E-state index in [1.165, 1.54) is 11.3 Å². The van der Waals surface area contributed by atoms with Crippen molar-refractivity contribution in [2.45, 2.75) is 12.8 Å². The molecule has 0 atom stereocenters. The standard InChI is InChI=1S/C16H20O3S2/c1-18-8-4-10-20-11-5-9-19-14-12-16(17)21-15-7-3-2-6-13(14)15/h2-3,6-7,12H,4-5,8-11H2,1H3. The molecule has 114 valence electrons. The third-order valence-corrected chi connectivity index (χ3v) is 4.99. The molecular formula is C16H20O3S2. The second kappa shape index (κ2) is 9.07. The van der Waals surface area contributed by atoms with Crippen LogP contribution in [0.25, 0.3) is 10.1 Å². The Kier molecular flexibility index (Phi) is 7.06. The van der Waals surface area contributed by atoms with Gasteiger partial charge in [0.05, 0.1) is 6.61 Å². The van der Waals surface area contributed by atoms with E-state index in [9.17, 15) is 4.79 Å². The lowest BCUT2D eigenvalue weighted by atomic mass is 10.2. The Balaban J connectivity index is 1.80. The lowest BCUT2D eigenvalue weighted by molar-refractivity contribution is 0.200. The molecule has 0 amide bonds. The van der Waals surface area contributed by atoms with Crippen molar-refractivity contribution in [3.8, 4) is 5.75 Å². The summed E-state index contributed by atoms with van der Waals surface area (Å²) in [6.07, 6.45) is 2.07. The Hall–Kier alpha value is -1.04. The normalized spacial score (nSPS) is 10.9. The Morgan fingerprint density at radius 1 is 1.14 bits per heavy atom. The monoisotopic (exact) mass is 324 g/mol. The van der Waals surface area contributed by atoms with E-state index in [2.05, 4.69) is 0 Å². The molecule has 0 aliphatic heterocycles. The van der Waals surface area contributed by atoms with E-state index in [-0.39, 0.29) is 4.74 Å². The van der Waals surface area contributed by atoms with Gasteiger partial charge in [-0.3, -0.25) is 4.79 Å². The quantitative estimate of drug-likeness (QED) is 0.657. The lowest BCUT2D eigenvalue weighted by Gasteiger charge is -2.08. The molecule has 3 nitrogen and oxygen atoms in total. The number of rotatable bonds is 9. The van der Waals surface area contributed by atoms with Gasteiger partial charge in [-0.25, -0.2) is 0 Å². The van der Waals surface area contributed by atoms with Crippen LogP contribution >= 0.6 is 23.1 Å². The maximum atomic E-state index is 11.7. The van der Waals surface area contributed by atoms with Crippen molar-refractivity contribution < 1.29 is 9.47 Å². The molecule has 21 heavy (non-hydrogen) atoms. The summed E-state index contributed by atoms with van der Waals surface area (Å²) in [6, 6.07) is 9.47. The Morgan fingerprint density at radius 2 is 1.90 bits per heavy atom. The fourth-order valence-corrected chi connectivity index (χ4v) is 3.61.